The van der Waals surface area contributed by atoms with E-state index in [0.717, 1.165) is 0 Å². The van der Waals surface area contributed by atoms with E-state index in [1.54, 1.807) is 0 Å². The zero-order valence-corrected chi connectivity index (χ0v) is 17.4. The van der Waals surface area contributed by atoms with Gasteiger partial charge in [-0.15, -0.1) is 0 Å². The van der Waals surface area contributed by atoms with Crippen LogP contribution in [0.2, 0.25) is 0 Å². The minimum Gasteiger partial charge on any atom is -0.480 e. The number of aliphatic carboxylic acids is 1. The monoisotopic (exact) mass is 446 g/mol. The van der Waals surface area contributed by atoms with E-state index in [2.05, 4.69) is 20.9 Å². The Morgan fingerprint density at radius 3 is 2.10 bits per heavy atom. The Bertz CT molecular complexity index is 626. The van der Waals surface area contributed by atoms with Crippen LogP contribution in [0.4, 0.5) is 0 Å². The fraction of sp³-hybridized carbons (Fsp3) is 0.706. The van der Waals surface area contributed by atoms with Crippen LogP contribution in [0.3, 0.4) is 0 Å². The molecular weight excluding hydrogens is 412 g/mol. The number of carboxylic acids is 1. The molecule has 0 rings (SSSR count). The molecule has 0 aliphatic carbocycles. The lowest BCUT2D eigenvalue weighted by atomic mass is 10.1. The molecule has 0 spiro atoms. The number of amides is 3. The van der Waals surface area contributed by atoms with E-state index in [9.17, 15) is 24.3 Å². The van der Waals surface area contributed by atoms with Crippen molar-refractivity contribution in [2.45, 2.75) is 50.2 Å². The van der Waals surface area contributed by atoms with Crippen LogP contribution in [0.15, 0.2) is 4.99 Å². The number of aliphatic hydroxyl groups is 1. The van der Waals surface area contributed by atoms with Crippen LogP contribution in [-0.2, 0) is 19.2 Å². The number of carbonyl (C=O) groups excluding carboxylic acids is 3. The third-order valence-corrected chi connectivity index (χ3v) is 4.11. The molecule has 14 heteroatoms. The Kier molecular flexibility index (Phi) is 14.3. The van der Waals surface area contributed by atoms with Gasteiger partial charge in [-0.05, 0) is 32.2 Å². The van der Waals surface area contributed by atoms with Gasteiger partial charge < -0.3 is 49.1 Å². The largest absolute Gasteiger partial charge is 0.480 e. The molecule has 31 heavy (non-hydrogen) atoms. The van der Waals surface area contributed by atoms with E-state index in [1.165, 1.54) is 0 Å². The highest BCUT2D eigenvalue weighted by Crippen LogP contribution is 2.03. The van der Waals surface area contributed by atoms with Gasteiger partial charge in [0.1, 0.15) is 18.6 Å². The van der Waals surface area contributed by atoms with Crippen molar-refractivity contribution in [3.8, 4) is 0 Å². The summed E-state index contributed by atoms with van der Waals surface area (Å²) >= 11 is 0. The maximum atomic E-state index is 12.6. The van der Waals surface area contributed by atoms with Gasteiger partial charge in [0.2, 0.25) is 17.7 Å². The van der Waals surface area contributed by atoms with Gasteiger partial charge in [-0.25, -0.2) is 0 Å². The number of aliphatic hydroxyl groups excluding tert-OH is 1. The molecule has 0 aliphatic rings. The molecule has 3 unspecified atom stereocenters. The first-order valence-corrected chi connectivity index (χ1v) is 9.84. The van der Waals surface area contributed by atoms with Crippen LogP contribution >= 0.6 is 0 Å². The molecule has 0 aromatic rings. The smallest absolute Gasteiger partial charge is 0.322 e. The highest BCUT2D eigenvalue weighted by molar-refractivity contribution is 5.93. The lowest BCUT2D eigenvalue weighted by Crippen LogP contribution is -2.57. The minimum atomic E-state index is -1.40. The molecule has 0 heterocycles. The first-order valence-electron chi connectivity index (χ1n) is 9.84. The van der Waals surface area contributed by atoms with Crippen molar-refractivity contribution in [2.24, 2.45) is 27.9 Å². The van der Waals surface area contributed by atoms with Gasteiger partial charge in [-0.3, -0.25) is 24.2 Å². The topological polar surface area (TPSA) is 261 Å². The number of hydrogen-bond donors (Lipinski definition) is 9. The fourth-order valence-electron chi connectivity index (χ4n) is 2.44. The normalized spacial score (nSPS) is 13.4. The van der Waals surface area contributed by atoms with E-state index in [0.29, 0.717) is 32.2 Å². The van der Waals surface area contributed by atoms with Gasteiger partial charge >= 0.3 is 5.97 Å². The van der Waals surface area contributed by atoms with E-state index in [4.69, 9.17) is 28.0 Å². The molecule has 0 aliphatic heterocycles. The number of hydrogen-bond acceptors (Lipinski definition) is 8. The predicted molar refractivity (Wildman–Crippen MR) is 112 cm³/mol. The number of carbonyl (C=O) groups is 4. The van der Waals surface area contributed by atoms with Gasteiger partial charge in [0.05, 0.1) is 12.6 Å². The Morgan fingerprint density at radius 1 is 0.903 bits per heavy atom. The predicted octanol–water partition coefficient (Wildman–Crippen LogP) is -4.34. The maximum Gasteiger partial charge on any atom is 0.322 e. The number of carboxylic acid groups (broad SMARTS) is 1. The lowest BCUT2D eigenvalue weighted by Gasteiger charge is -2.23. The highest BCUT2D eigenvalue weighted by atomic mass is 16.4. The molecule has 0 saturated heterocycles. The van der Waals surface area contributed by atoms with Gasteiger partial charge in [0.15, 0.2) is 5.96 Å². The van der Waals surface area contributed by atoms with E-state index < -0.39 is 55.0 Å². The summed E-state index contributed by atoms with van der Waals surface area (Å²) in [6.07, 6.45) is 2.17. The number of rotatable bonds is 16. The van der Waals surface area contributed by atoms with Crippen LogP contribution in [0, 0.1) is 0 Å². The van der Waals surface area contributed by atoms with Crippen molar-refractivity contribution in [2.75, 3.05) is 26.2 Å². The second kappa shape index (κ2) is 15.8. The molecular formula is C17H34N8O6. The molecule has 13 N–H and O–H groups in total. The first-order chi connectivity index (χ1) is 14.6. The average Bonchev–Trinajstić information content (AvgIpc) is 2.71. The van der Waals surface area contributed by atoms with Crippen LogP contribution in [0.5, 0.6) is 0 Å². The third-order valence-electron chi connectivity index (χ3n) is 4.11. The minimum absolute atomic E-state index is 0.123. The van der Waals surface area contributed by atoms with Gasteiger partial charge in [0.25, 0.3) is 0 Å². The van der Waals surface area contributed by atoms with Crippen molar-refractivity contribution >= 4 is 29.7 Å². The Hall–Kier alpha value is -2.97. The molecule has 3 atom stereocenters. The molecule has 0 bridgehead atoms. The van der Waals surface area contributed by atoms with Crippen LogP contribution in [-0.4, -0.2) is 84.2 Å². The molecule has 14 nitrogen and oxygen atoms in total. The quantitative estimate of drug-likeness (QED) is 0.0624. The summed E-state index contributed by atoms with van der Waals surface area (Å²) < 4.78 is 0. The van der Waals surface area contributed by atoms with Crippen LogP contribution in [0.25, 0.3) is 0 Å². The lowest BCUT2D eigenvalue weighted by molar-refractivity contribution is -0.139. The summed E-state index contributed by atoms with van der Waals surface area (Å²) in [6.45, 7) is -0.782. The summed E-state index contributed by atoms with van der Waals surface area (Å²) in [5.74, 6) is -3.61. The summed E-state index contributed by atoms with van der Waals surface area (Å²) in [7, 11) is 0. The third kappa shape index (κ3) is 13.0. The average molecular weight is 447 g/mol. The standard InChI is InChI=1S/C17H34N8O6/c18-6-2-1-4-10(19)14(29)24-11(5-3-7-22-17(20)21)16(31)25-12(9-26)15(30)23-8-13(27)28/h10-12,26H,1-9,18-19H2,(H,23,30)(H,24,29)(H,25,31)(H,27,28)(H4,20,21,22). The second-order valence-electron chi connectivity index (χ2n) is 6.76. The molecule has 0 aromatic heterocycles. The van der Waals surface area contributed by atoms with Gasteiger partial charge in [0, 0.05) is 6.54 Å². The number of unbranched alkanes of at least 4 members (excludes halogenated alkanes) is 1. The van der Waals surface area contributed by atoms with E-state index >= 15 is 0 Å². The van der Waals surface area contributed by atoms with Crippen molar-refractivity contribution in [1.29, 1.82) is 0 Å². The number of guanidine groups is 1. The fourth-order valence-corrected chi connectivity index (χ4v) is 2.44. The van der Waals surface area contributed by atoms with Crippen molar-refractivity contribution in [1.82, 2.24) is 16.0 Å². The highest BCUT2D eigenvalue weighted by Gasteiger charge is 2.27. The molecule has 0 aromatic carbocycles. The van der Waals surface area contributed by atoms with Gasteiger partial charge in [-0.2, -0.15) is 0 Å². The number of nitrogens with two attached hydrogens (primary N) is 4. The van der Waals surface area contributed by atoms with Crippen molar-refractivity contribution < 1.29 is 29.4 Å². The van der Waals surface area contributed by atoms with E-state index in [1.807, 2.05) is 0 Å². The maximum absolute atomic E-state index is 12.6. The molecule has 3 amide bonds. The number of nitrogens with zero attached hydrogens (tertiary/aromatic N) is 1. The van der Waals surface area contributed by atoms with Crippen LogP contribution < -0.4 is 38.9 Å². The van der Waals surface area contributed by atoms with Crippen molar-refractivity contribution in [3.63, 3.8) is 0 Å². The molecule has 0 saturated carbocycles. The zero-order valence-electron chi connectivity index (χ0n) is 17.4. The zero-order chi connectivity index (χ0) is 23.8. The Balaban J connectivity index is 5.07. The van der Waals surface area contributed by atoms with Crippen LogP contribution in [0.1, 0.15) is 32.1 Å². The summed E-state index contributed by atoms with van der Waals surface area (Å²) in [4.78, 5) is 51.3. The second-order valence-corrected chi connectivity index (χ2v) is 6.76. The Morgan fingerprint density at radius 2 is 1.55 bits per heavy atom. The van der Waals surface area contributed by atoms with Gasteiger partial charge in [-0.1, -0.05) is 6.42 Å². The summed E-state index contributed by atoms with van der Waals surface area (Å²) in [5, 5.41) is 24.9. The molecule has 0 radical (unpaired) electrons. The SMILES string of the molecule is NCCCCC(N)C(=O)NC(CCCN=C(N)N)C(=O)NC(CO)C(=O)NCC(=O)O. The number of nitrogens with one attached hydrogen (secondary N) is 3. The number of aliphatic imine (C=N–C) groups is 1. The van der Waals surface area contributed by atoms with E-state index in [-0.39, 0.29) is 18.9 Å². The van der Waals surface area contributed by atoms with Crippen molar-refractivity contribution in [3.05, 3.63) is 0 Å². The molecule has 0 fully saturated rings. The Labute approximate surface area is 180 Å². The summed E-state index contributed by atoms with van der Waals surface area (Å²) in [5.41, 5.74) is 21.8. The summed E-state index contributed by atoms with van der Waals surface area (Å²) in [6, 6.07) is -3.34. The molecule has 178 valence electrons. The first kappa shape index (κ1) is 28.0.